The predicted octanol–water partition coefficient (Wildman–Crippen LogP) is 3.17. The van der Waals surface area contributed by atoms with Crippen LogP contribution in [0.4, 0.5) is 4.39 Å². The summed E-state index contributed by atoms with van der Waals surface area (Å²) in [5.41, 5.74) is 0.388. The Kier molecular flexibility index (Phi) is 4.28. The van der Waals surface area contributed by atoms with Crippen LogP contribution in [0.1, 0.15) is 37.0 Å². The molecule has 0 saturated heterocycles. The highest BCUT2D eigenvalue weighted by molar-refractivity contribution is 5.89. The molecule has 3 heteroatoms. The second-order valence-electron chi connectivity index (χ2n) is 3.51. The lowest BCUT2D eigenvalue weighted by atomic mass is 10.2. The maximum atomic E-state index is 12.6. The fourth-order valence-corrected chi connectivity index (χ4v) is 1.30. The molecule has 15 heavy (non-hydrogen) atoms. The van der Waals surface area contributed by atoms with E-state index < -0.39 is 5.97 Å². The summed E-state index contributed by atoms with van der Waals surface area (Å²) in [6, 6.07) is 5.36. The highest BCUT2D eigenvalue weighted by atomic mass is 19.1. The summed E-state index contributed by atoms with van der Waals surface area (Å²) in [5, 5.41) is 0. The van der Waals surface area contributed by atoms with E-state index in [9.17, 15) is 9.18 Å². The number of hydrogen-bond acceptors (Lipinski definition) is 2. The highest BCUT2D eigenvalue weighted by Crippen LogP contribution is 2.08. The molecule has 0 aliphatic rings. The van der Waals surface area contributed by atoms with Gasteiger partial charge < -0.3 is 4.74 Å². The SMILES string of the molecule is CCCC(C)OC(=O)c1ccc(F)cc1. The fourth-order valence-electron chi connectivity index (χ4n) is 1.30. The molecule has 0 heterocycles. The first-order valence-electron chi connectivity index (χ1n) is 5.10. The first kappa shape index (κ1) is 11.7. The quantitative estimate of drug-likeness (QED) is 0.713. The van der Waals surface area contributed by atoms with E-state index in [0.29, 0.717) is 5.56 Å². The third-order valence-electron chi connectivity index (χ3n) is 2.08. The van der Waals surface area contributed by atoms with Crippen LogP contribution >= 0.6 is 0 Å². The fraction of sp³-hybridized carbons (Fsp3) is 0.417. The van der Waals surface area contributed by atoms with Gasteiger partial charge in [-0.3, -0.25) is 0 Å². The second-order valence-corrected chi connectivity index (χ2v) is 3.51. The summed E-state index contributed by atoms with van der Waals surface area (Å²) in [6.45, 7) is 3.88. The molecule has 0 spiro atoms. The van der Waals surface area contributed by atoms with Crippen LogP contribution in [0.15, 0.2) is 24.3 Å². The normalized spacial score (nSPS) is 12.2. The zero-order valence-electron chi connectivity index (χ0n) is 9.00. The lowest BCUT2D eigenvalue weighted by Crippen LogP contribution is -2.14. The van der Waals surface area contributed by atoms with Crippen molar-refractivity contribution in [3.8, 4) is 0 Å². The van der Waals surface area contributed by atoms with Crippen molar-refractivity contribution >= 4 is 5.97 Å². The average Bonchev–Trinajstić information content (AvgIpc) is 2.18. The Morgan fingerprint density at radius 1 is 1.40 bits per heavy atom. The number of benzene rings is 1. The van der Waals surface area contributed by atoms with E-state index >= 15 is 0 Å². The van der Waals surface area contributed by atoms with E-state index in [1.54, 1.807) is 0 Å². The summed E-state index contributed by atoms with van der Waals surface area (Å²) >= 11 is 0. The molecular formula is C12H15FO2. The third kappa shape index (κ3) is 3.70. The number of ether oxygens (including phenoxy) is 1. The zero-order chi connectivity index (χ0) is 11.3. The maximum Gasteiger partial charge on any atom is 0.338 e. The molecule has 1 aromatic rings. The summed E-state index contributed by atoms with van der Waals surface area (Å²) in [6.07, 6.45) is 1.72. The highest BCUT2D eigenvalue weighted by Gasteiger charge is 2.10. The molecule has 1 atom stereocenters. The molecule has 0 saturated carbocycles. The summed E-state index contributed by atoms with van der Waals surface area (Å²) < 4.78 is 17.7. The molecule has 0 aliphatic heterocycles. The molecule has 82 valence electrons. The van der Waals surface area contributed by atoms with Crippen LogP contribution in [-0.2, 0) is 4.74 Å². The van der Waals surface area contributed by atoms with Crippen molar-refractivity contribution < 1.29 is 13.9 Å². The molecule has 0 radical (unpaired) electrons. The molecule has 0 N–H and O–H groups in total. The van der Waals surface area contributed by atoms with E-state index in [1.807, 2.05) is 13.8 Å². The van der Waals surface area contributed by atoms with Crippen LogP contribution in [0, 0.1) is 5.82 Å². The van der Waals surface area contributed by atoms with E-state index in [2.05, 4.69) is 0 Å². The van der Waals surface area contributed by atoms with Crippen LogP contribution in [0.5, 0.6) is 0 Å². The molecule has 0 aromatic heterocycles. The van der Waals surface area contributed by atoms with Crippen molar-refractivity contribution in [3.05, 3.63) is 35.6 Å². The average molecular weight is 210 g/mol. The van der Waals surface area contributed by atoms with Gasteiger partial charge in [0.1, 0.15) is 5.82 Å². The monoisotopic (exact) mass is 210 g/mol. The minimum atomic E-state index is -0.393. The Morgan fingerprint density at radius 3 is 2.53 bits per heavy atom. The van der Waals surface area contributed by atoms with E-state index in [1.165, 1.54) is 24.3 Å². The van der Waals surface area contributed by atoms with Gasteiger partial charge in [0.2, 0.25) is 0 Å². The van der Waals surface area contributed by atoms with Crippen molar-refractivity contribution in [2.24, 2.45) is 0 Å². The Labute approximate surface area is 89.1 Å². The van der Waals surface area contributed by atoms with E-state index in [4.69, 9.17) is 4.74 Å². The first-order chi connectivity index (χ1) is 7.13. The van der Waals surface area contributed by atoms with Crippen LogP contribution < -0.4 is 0 Å². The predicted molar refractivity (Wildman–Crippen MR) is 56.2 cm³/mol. The zero-order valence-corrected chi connectivity index (χ0v) is 9.00. The van der Waals surface area contributed by atoms with E-state index in [-0.39, 0.29) is 11.9 Å². The van der Waals surface area contributed by atoms with Crippen LogP contribution in [-0.4, -0.2) is 12.1 Å². The Bertz CT molecular complexity index is 319. The smallest absolute Gasteiger partial charge is 0.338 e. The van der Waals surface area contributed by atoms with Gasteiger partial charge in [0.25, 0.3) is 0 Å². The standard InChI is InChI=1S/C12H15FO2/c1-3-4-9(2)15-12(14)10-5-7-11(13)8-6-10/h5-9H,3-4H2,1-2H3. The molecule has 1 unspecified atom stereocenters. The van der Waals surface area contributed by atoms with E-state index in [0.717, 1.165) is 12.8 Å². The van der Waals surface area contributed by atoms with Crippen molar-refractivity contribution in [3.63, 3.8) is 0 Å². The van der Waals surface area contributed by atoms with Crippen molar-refractivity contribution in [2.75, 3.05) is 0 Å². The summed E-state index contributed by atoms with van der Waals surface area (Å²) in [5.74, 6) is -0.746. The maximum absolute atomic E-state index is 12.6. The molecule has 0 bridgehead atoms. The second kappa shape index (κ2) is 5.49. The van der Waals surface area contributed by atoms with Gasteiger partial charge in [-0.05, 0) is 37.6 Å². The van der Waals surface area contributed by atoms with Crippen LogP contribution in [0.25, 0.3) is 0 Å². The lowest BCUT2D eigenvalue weighted by molar-refractivity contribution is 0.0323. The van der Waals surface area contributed by atoms with Gasteiger partial charge in [0.15, 0.2) is 0 Å². The molecule has 0 aliphatic carbocycles. The Balaban J connectivity index is 2.57. The van der Waals surface area contributed by atoms with Gasteiger partial charge in [0.05, 0.1) is 11.7 Å². The molecular weight excluding hydrogens is 195 g/mol. The van der Waals surface area contributed by atoms with Gasteiger partial charge in [0, 0.05) is 0 Å². The summed E-state index contributed by atoms with van der Waals surface area (Å²) in [7, 11) is 0. The number of halogens is 1. The molecule has 1 rings (SSSR count). The number of rotatable bonds is 4. The van der Waals surface area contributed by atoms with Gasteiger partial charge in [-0.2, -0.15) is 0 Å². The number of carbonyl (C=O) groups is 1. The first-order valence-corrected chi connectivity index (χ1v) is 5.10. The van der Waals surface area contributed by atoms with Gasteiger partial charge >= 0.3 is 5.97 Å². The molecule has 0 fully saturated rings. The van der Waals surface area contributed by atoms with Crippen molar-refractivity contribution in [1.82, 2.24) is 0 Å². The summed E-state index contributed by atoms with van der Waals surface area (Å²) in [4.78, 5) is 11.5. The Hall–Kier alpha value is -1.38. The van der Waals surface area contributed by atoms with Gasteiger partial charge in [-0.15, -0.1) is 0 Å². The Morgan fingerprint density at radius 2 is 2.00 bits per heavy atom. The van der Waals surface area contributed by atoms with Gasteiger partial charge in [-0.25, -0.2) is 9.18 Å². The third-order valence-corrected chi connectivity index (χ3v) is 2.08. The van der Waals surface area contributed by atoms with Crippen molar-refractivity contribution in [1.29, 1.82) is 0 Å². The number of carbonyl (C=O) groups excluding carboxylic acids is 1. The minimum absolute atomic E-state index is 0.0902. The molecule has 2 nitrogen and oxygen atoms in total. The van der Waals surface area contributed by atoms with Crippen LogP contribution in [0.3, 0.4) is 0 Å². The topological polar surface area (TPSA) is 26.3 Å². The molecule has 1 aromatic carbocycles. The largest absolute Gasteiger partial charge is 0.459 e. The number of hydrogen-bond donors (Lipinski definition) is 0. The van der Waals surface area contributed by atoms with Crippen molar-refractivity contribution in [2.45, 2.75) is 32.8 Å². The van der Waals surface area contributed by atoms with Gasteiger partial charge in [-0.1, -0.05) is 13.3 Å². The molecule has 0 amide bonds. The van der Waals surface area contributed by atoms with Crippen LogP contribution in [0.2, 0.25) is 0 Å². The minimum Gasteiger partial charge on any atom is -0.459 e. The lowest BCUT2D eigenvalue weighted by Gasteiger charge is -2.11. The number of esters is 1.